The molecule has 80 valence electrons. The SMILES string of the molecule is CC(C)COCCn1cc(CO)nn1. The molecular formula is C9H17N3O2. The van der Waals surface area contributed by atoms with Crippen LogP contribution >= 0.6 is 0 Å². The van der Waals surface area contributed by atoms with Gasteiger partial charge in [-0.05, 0) is 5.92 Å². The Bertz CT molecular complexity index is 260. The van der Waals surface area contributed by atoms with Gasteiger partial charge in [0.15, 0.2) is 0 Å². The summed E-state index contributed by atoms with van der Waals surface area (Å²) in [5.74, 6) is 0.554. The minimum Gasteiger partial charge on any atom is -0.390 e. The molecule has 1 aromatic heterocycles. The van der Waals surface area contributed by atoms with Crippen LogP contribution in [0, 0.1) is 5.92 Å². The summed E-state index contributed by atoms with van der Waals surface area (Å²) in [6.45, 7) is 6.24. The molecule has 5 nitrogen and oxygen atoms in total. The monoisotopic (exact) mass is 199 g/mol. The second-order valence-corrected chi connectivity index (χ2v) is 3.60. The van der Waals surface area contributed by atoms with Gasteiger partial charge in [0.25, 0.3) is 0 Å². The third-order valence-corrected chi connectivity index (χ3v) is 1.66. The van der Waals surface area contributed by atoms with Gasteiger partial charge in [-0.25, -0.2) is 4.68 Å². The number of aliphatic hydroxyl groups excluding tert-OH is 1. The lowest BCUT2D eigenvalue weighted by molar-refractivity contribution is 0.101. The lowest BCUT2D eigenvalue weighted by Gasteiger charge is -2.05. The van der Waals surface area contributed by atoms with Crippen molar-refractivity contribution in [3.8, 4) is 0 Å². The van der Waals surface area contributed by atoms with Gasteiger partial charge in [-0.15, -0.1) is 5.10 Å². The molecule has 0 fully saturated rings. The average Bonchev–Trinajstić information content (AvgIpc) is 2.60. The van der Waals surface area contributed by atoms with Crippen molar-refractivity contribution in [2.24, 2.45) is 5.92 Å². The van der Waals surface area contributed by atoms with Gasteiger partial charge in [-0.3, -0.25) is 0 Å². The molecule has 0 aliphatic carbocycles. The zero-order valence-corrected chi connectivity index (χ0v) is 8.68. The van der Waals surface area contributed by atoms with Gasteiger partial charge in [0.2, 0.25) is 0 Å². The summed E-state index contributed by atoms with van der Waals surface area (Å²) in [5, 5.41) is 16.3. The van der Waals surface area contributed by atoms with Crippen molar-refractivity contribution in [1.29, 1.82) is 0 Å². The third kappa shape index (κ3) is 3.85. The van der Waals surface area contributed by atoms with Crippen molar-refractivity contribution in [2.75, 3.05) is 13.2 Å². The molecule has 1 heterocycles. The fraction of sp³-hybridized carbons (Fsp3) is 0.778. The molecular weight excluding hydrogens is 182 g/mol. The zero-order valence-electron chi connectivity index (χ0n) is 8.68. The number of rotatable bonds is 6. The van der Waals surface area contributed by atoms with Gasteiger partial charge < -0.3 is 9.84 Å². The van der Waals surface area contributed by atoms with Crippen LogP contribution in [-0.2, 0) is 17.9 Å². The van der Waals surface area contributed by atoms with E-state index in [0.717, 1.165) is 6.61 Å². The van der Waals surface area contributed by atoms with Crippen LogP contribution in [0.5, 0.6) is 0 Å². The molecule has 0 unspecified atom stereocenters. The zero-order chi connectivity index (χ0) is 10.4. The largest absolute Gasteiger partial charge is 0.390 e. The summed E-state index contributed by atoms with van der Waals surface area (Å²) in [7, 11) is 0. The molecule has 5 heteroatoms. The van der Waals surface area contributed by atoms with Crippen LogP contribution in [0.15, 0.2) is 6.20 Å². The van der Waals surface area contributed by atoms with E-state index in [2.05, 4.69) is 24.2 Å². The number of ether oxygens (including phenoxy) is 1. The van der Waals surface area contributed by atoms with Crippen LogP contribution in [0.2, 0.25) is 0 Å². The number of hydrogen-bond donors (Lipinski definition) is 1. The normalized spacial score (nSPS) is 11.1. The number of aromatic nitrogens is 3. The molecule has 0 aliphatic heterocycles. The molecule has 0 radical (unpaired) electrons. The smallest absolute Gasteiger partial charge is 0.108 e. The van der Waals surface area contributed by atoms with Crippen molar-refractivity contribution >= 4 is 0 Å². The Morgan fingerprint density at radius 1 is 1.57 bits per heavy atom. The molecule has 0 atom stereocenters. The van der Waals surface area contributed by atoms with Crippen molar-refractivity contribution in [1.82, 2.24) is 15.0 Å². The predicted octanol–water partition coefficient (Wildman–Crippen LogP) is 0.443. The lowest BCUT2D eigenvalue weighted by atomic mass is 10.2. The van der Waals surface area contributed by atoms with E-state index in [0.29, 0.717) is 24.8 Å². The Morgan fingerprint density at radius 2 is 2.36 bits per heavy atom. The van der Waals surface area contributed by atoms with Gasteiger partial charge >= 0.3 is 0 Å². The van der Waals surface area contributed by atoms with E-state index < -0.39 is 0 Å². The maximum Gasteiger partial charge on any atom is 0.108 e. The molecule has 1 rings (SSSR count). The van der Waals surface area contributed by atoms with E-state index >= 15 is 0 Å². The lowest BCUT2D eigenvalue weighted by Crippen LogP contribution is -2.09. The summed E-state index contributed by atoms with van der Waals surface area (Å²) in [5.41, 5.74) is 0.592. The van der Waals surface area contributed by atoms with Crippen molar-refractivity contribution in [3.05, 3.63) is 11.9 Å². The van der Waals surface area contributed by atoms with Crippen molar-refractivity contribution < 1.29 is 9.84 Å². The van der Waals surface area contributed by atoms with E-state index in [9.17, 15) is 0 Å². The van der Waals surface area contributed by atoms with E-state index in [1.54, 1.807) is 10.9 Å². The first-order valence-corrected chi connectivity index (χ1v) is 4.80. The Morgan fingerprint density at radius 3 is 2.93 bits per heavy atom. The van der Waals surface area contributed by atoms with Crippen LogP contribution in [0.25, 0.3) is 0 Å². The molecule has 14 heavy (non-hydrogen) atoms. The van der Waals surface area contributed by atoms with Crippen LogP contribution < -0.4 is 0 Å². The highest BCUT2D eigenvalue weighted by molar-refractivity contribution is 4.88. The predicted molar refractivity (Wildman–Crippen MR) is 51.6 cm³/mol. The minimum absolute atomic E-state index is 0.0626. The fourth-order valence-electron chi connectivity index (χ4n) is 0.997. The van der Waals surface area contributed by atoms with Crippen LogP contribution in [0.3, 0.4) is 0 Å². The van der Waals surface area contributed by atoms with Crippen LogP contribution in [0.4, 0.5) is 0 Å². The second kappa shape index (κ2) is 5.72. The van der Waals surface area contributed by atoms with Gasteiger partial charge in [0.1, 0.15) is 5.69 Å². The second-order valence-electron chi connectivity index (χ2n) is 3.60. The van der Waals surface area contributed by atoms with Gasteiger partial charge in [0, 0.05) is 6.61 Å². The number of hydrogen-bond acceptors (Lipinski definition) is 4. The molecule has 0 saturated carbocycles. The Labute approximate surface area is 83.7 Å². The third-order valence-electron chi connectivity index (χ3n) is 1.66. The Balaban J connectivity index is 2.18. The first-order chi connectivity index (χ1) is 6.72. The summed E-state index contributed by atoms with van der Waals surface area (Å²) < 4.78 is 7.06. The minimum atomic E-state index is -0.0626. The molecule has 0 aromatic carbocycles. The van der Waals surface area contributed by atoms with Crippen LogP contribution in [-0.4, -0.2) is 33.3 Å². The summed E-state index contributed by atoms with van der Waals surface area (Å²) in [6.07, 6.45) is 1.72. The van der Waals surface area contributed by atoms with Crippen LogP contribution in [0.1, 0.15) is 19.5 Å². The summed E-state index contributed by atoms with van der Waals surface area (Å²) in [4.78, 5) is 0. The van der Waals surface area contributed by atoms with Gasteiger partial charge in [0.05, 0.1) is 26.0 Å². The maximum absolute atomic E-state index is 8.75. The molecule has 0 saturated heterocycles. The van der Waals surface area contributed by atoms with Crippen molar-refractivity contribution in [3.63, 3.8) is 0 Å². The van der Waals surface area contributed by atoms with E-state index in [-0.39, 0.29) is 6.61 Å². The molecule has 0 spiro atoms. The van der Waals surface area contributed by atoms with E-state index in [1.807, 2.05) is 0 Å². The highest BCUT2D eigenvalue weighted by atomic mass is 16.5. The van der Waals surface area contributed by atoms with Gasteiger partial charge in [-0.2, -0.15) is 0 Å². The van der Waals surface area contributed by atoms with Crippen molar-refractivity contribution in [2.45, 2.75) is 27.0 Å². The highest BCUT2D eigenvalue weighted by Crippen LogP contribution is 1.94. The van der Waals surface area contributed by atoms with E-state index in [4.69, 9.17) is 9.84 Å². The number of nitrogens with zero attached hydrogens (tertiary/aromatic N) is 3. The maximum atomic E-state index is 8.75. The molecule has 1 aromatic rings. The van der Waals surface area contributed by atoms with E-state index in [1.165, 1.54) is 0 Å². The average molecular weight is 199 g/mol. The Hall–Kier alpha value is -0.940. The first kappa shape index (κ1) is 11.1. The van der Waals surface area contributed by atoms with Gasteiger partial charge in [-0.1, -0.05) is 19.1 Å². The Kier molecular flexibility index (Phi) is 4.55. The molecule has 0 bridgehead atoms. The molecule has 1 N–H and O–H groups in total. The fourth-order valence-corrected chi connectivity index (χ4v) is 0.997. The first-order valence-electron chi connectivity index (χ1n) is 4.80. The summed E-state index contributed by atoms with van der Waals surface area (Å²) >= 11 is 0. The standard InChI is InChI=1S/C9H17N3O2/c1-8(2)7-14-4-3-12-5-9(6-13)10-11-12/h5,8,13H,3-4,6-7H2,1-2H3. The molecule has 0 aliphatic rings. The molecule has 0 amide bonds. The number of aliphatic hydroxyl groups is 1. The quantitative estimate of drug-likeness (QED) is 0.675. The summed E-state index contributed by atoms with van der Waals surface area (Å²) in [6, 6.07) is 0. The highest BCUT2D eigenvalue weighted by Gasteiger charge is 1.99. The topological polar surface area (TPSA) is 60.2 Å².